The molecule has 148 valence electrons. The van der Waals surface area contributed by atoms with Gasteiger partial charge in [-0.05, 0) is 44.4 Å². The highest BCUT2D eigenvalue weighted by molar-refractivity contribution is 6.06. The predicted molar refractivity (Wildman–Crippen MR) is 105 cm³/mol. The molecule has 2 N–H and O–H groups in total. The van der Waals surface area contributed by atoms with E-state index in [0.717, 1.165) is 70.2 Å². The van der Waals surface area contributed by atoms with E-state index in [2.05, 4.69) is 15.3 Å². The van der Waals surface area contributed by atoms with Crippen molar-refractivity contribution < 1.29 is 9.59 Å². The molecule has 0 unspecified atom stereocenters. The van der Waals surface area contributed by atoms with Crippen molar-refractivity contribution in [2.75, 3.05) is 13.1 Å². The monoisotopic (exact) mass is 381 g/mol. The first-order valence-corrected chi connectivity index (χ1v) is 10.6. The van der Waals surface area contributed by atoms with Crippen molar-refractivity contribution >= 4 is 23.0 Å². The summed E-state index contributed by atoms with van der Waals surface area (Å²) in [5, 5.41) is 3.08. The van der Waals surface area contributed by atoms with E-state index in [0.29, 0.717) is 22.6 Å². The molecule has 5 rings (SSSR count). The van der Waals surface area contributed by atoms with E-state index in [1.807, 2.05) is 4.90 Å². The van der Waals surface area contributed by atoms with Gasteiger partial charge in [-0.15, -0.1) is 0 Å². The van der Waals surface area contributed by atoms with Crippen LogP contribution < -0.4 is 5.32 Å². The fourth-order valence-corrected chi connectivity index (χ4v) is 4.68. The first-order valence-electron chi connectivity index (χ1n) is 10.6. The number of aromatic nitrogens is 3. The van der Waals surface area contributed by atoms with E-state index in [1.165, 1.54) is 0 Å². The SMILES string of the molecule is O=C(N[C@@H](C(=O)N1CCCC1)C1CCCC1)c1c[nH]c2ncc(C3CC3)nc12. The first-order chi connectivity index (χ1) is 13.7. The molecule has 0 bridgehead atoms. The molecule has 3 fully saturated rings. The molecule has 2 saturated carbocycles. The molecule has 7 nitrogen and oxygen atoms in total. The van der Waals surface area contributed by atoms with Crippen molar-refractivity contribution in [2.24, 2.45) is 5.92 Å². The maximum Gasteiger partial charge on any atom is 0.255 e. The number of H-pyrrole nitrogens is 1. The molecular weight excluding hydrogens is 354 g/mol. The van der Waals surface area contributed by atoms with Crippen LogP contribution in [0.2, 0.25) is 0 Å². The molecule has 3 heterocycles. The van der Waals surface area contributed by atoms with E-state index in [9.17, 15) is 9.59 Å². The Morgan fingerprint density at radius 1 is 1.11 bits per heavy atom. The molecule has 7 heteroatoms. The van der Waals surface area contributed by atoms with Gasteiger partial charge in [0.15, 0.2) is 5.65 Å². The third-order valence-corrected chi connectivity index (χ3v) is 6.48. The molecule has 0 spiro atoms. The third-order valence-electron chi connectivity index (χ3n) is 6.48. The second-order valence-electron chi connectivity index (χ2n) is 8.50. The molecule has 2 aromatic heterocycles. The molecule has 2 aromatic rings. The van der Waals surface area contributed by atoms with E-state index >= 15 is 0 Å². The summed E-state index contributed by atoms with van der Waals surface area (Å²) in [6.45, 7) is 1.61. The highest BCUT2D eigenvalue weighted by atomic mass is 16.2. The summed E-state index contributed by atoms with van der Waals surface area (Å²) in [5.74, 6) is 0.571. The molecule has 3 aliphatic rings. The number of nitrogens with zero attached hydrogens (tertiary/aromatic N) is 3. The van der Waals surface area contributed by atoms with Crippen LogP contribution in [-0.2, 0) is 4.79 Å². The van der Waals surface area contributed by atoms with Gasteiger partial charge in [0.05, 0.1) is 17.5 Å². The van der Waals surface area contributed by atoms with Gasteiger partial charge in [-0.2, -0.15) is 0 Å². The van der Waals surface area contributed by atoms with E-state index in [4.69, 9.17) is 4.98 Å². The molecule has 0 radical (unpaired) electrons. The van der Waals surface area contributed by atoms with Crippen LogP contribution in [-0.4, -0.2) is 50.8 Å². The van der Waals surface area contributed by atoms with E-state index in [1.54, 1.807) is 12.4 Å². The molecule has 1 atom stereocenters. The smallest absolute Gasteiger partial charge is 0.255 e. The van der Waals surface area contributed by atoms with Crippen LogP contribution in [0.15, 0.2) is 12.4 Å². The lowest BCUT2D eigenvalue weighted by molar-refractivity contribution is -0.133. The van der Waals surface area contributed by atoms with Gasteiger partial charge in [-0.3, -0.25) is 9.59 Å². The van der Waals surface area contributed by atoms with Gasteiger partial charge < -0.3 is 15.2 Å². The number of fused-ring (bicyclic) bond motifs is 1. The van der Waals surface area contributed by atoms with Gasteiger partial charge in [-0.1, -0.05) is 12.8 Å². The minimum Gasteiger partial charge on any atom is -0.344 e. The minimum atomic E-state index is -0.433. The second kappa shape index (κ2) is 7.18. The predicted octanol–water partition coefficient (Wildman–Crippen LogP) is 2.75. The number of hydrogen-bond donors (Lipinski definition) is 2. The molecule has 1 saturated heterocycles. The molecule has 2 aliphatic carbocycles. The Hall–Kier alpha value is -2.44. The van der Waals surface area contributed by atoms with Crippen molar-refractivity contribution in [3.8, 4) is 0 Å². The largest absolute Gasteiger partial charge is 0.344 e. The first kappa shape index (κ1) is 17.6. The summed E-state index contributed by atoms with van der Waals surface area (Å²) in [6.07, 6.45) is 12.1. The quantitative estimate of drug-likeness (QED) is 0.833. The number of aromatic amines is 1. The van der Waals surface area contributed by atoms with Crippen molar-refractivity contribution in [1.29, 1.82) is 0 Å². The van der Waals surface area contributed by atoms with Crippen molar-refractivity contribution in [2.45, 2.75) is 63.3 Å². The highest BCUT2D eigenvalue weighted by Crippen LogP contribution is 2.39. The summed E-state index contributed by atoms with van der Waals surface area (Å²) in [4.78, 5) is 40.4. The van der Waals surface area contributed by atoms with E-state index < -0.39 is 6.04 Å². The second-order valence-corrected chi connectivity index (χ2v) is 8.50. The molecule has 2 amide bonds. The average Bonchev–Trinajstić information content (AvgIpc) is 3.13. The van der Waals surface area contributed by atoms with E-state index in [-0.39, 0.29) is 17.7 Å². The Labute approximate surface area is 164 Å². The average molecular weight is 381 g/mol. The van der Waals surface area contributed by atoms with Gasteiger partial charge in [0.2, 0.25) is 5.91 Å². The van der Waals surface area contributed by atoms with Crippen molar-refractivity contribution in [1.82, 2.24) is 25.2 Å². The summed E-state index contributed by atoms with van der Waals surface area (Å²) in [6, 6.07) is -0.433. The van der Waals surface area contributed by atoms with Crippen LogP contribution in [0.5, 0.6) is 0 Å². The number of amides is 2. The molecule has 1 aliphatic heterocycles. The zero-order chi connectivity index (χ0) is 19.1. The molecular formula is C21H27N5O2. The third kappa shape index (κ3) is 3.27. The maximum absolute atomic E-state index is 13.1. The van der Waals surface area contributed by atoms with Gasteiger partial charge in [-0.25, -0.2) is 9.97 Å². The lowest BCUT2D eigenvalue weighted by Gasteiger charge is -2.28. The van der Waals surface area contributed by atoms with Crippen LogP contribution >= 0.6 is 0 Å². The number of rotatable bonds is 5. The summed E-state index contributed by atoms with van der Waals surface area (Å²) in [5.41, 5.74) is 2.68. The normalized spacial score (nSPS) is 21.4. The highest BCUT2D eigenvalue weighted by Gasteiger charge is 2.36. The number of carbonyl (C=O) groups excluding carboxylic acids is 2. The number of hydrogen-bond acceptors (Lipinski definition) is 4. The van der Waals surface area contributed by atoms with Crippen LogP contribution in [0.25, 0.3) is 11.2 Å². The standard InChI is InChI=1S/C21H27N5O2/c27-20(15-11-22-19-18(15)24-16(12-23-19)13-7-8-13)25-17(14-5-1-2-6-14)21(28)26-9-3-4-10-26/h11-14,17H,1-10H2,(H,22,23)(H,25,27)/t17-/m1/s1. The Morgan fingerprint density at radius 3 is 2.57 bits per heavy atom. The van der Waals surface area contributed by atoms with Crippen LogP contribution in [0.4, 0.5) is 0 Å². The fraction of sp³-hybridized carbons (Fsp3) is 0.619. The Balaban J connectivity index is 1.40. The molecule has 28 heavy (non-hydrogen) atoms. The van der Waals surface area contributed by atoms with Gasteiger partial charge in [0, 0.05) is 25.2 Å². The maximum atomic E-state index is 13.1. The lowest BCUT2D eigenvalue weighted by Crippen LogP contribution is -2.51. The topological polar surface area (TPSA) is 91.0 Å². The van der Waals surface area contributed by atoms with Crippen molar-refractivity contribution in [3.63, 3.8) is 0 Å². The van der Waals surface area contributed by atoms with Crippen LogP contribution in [0.3, 0.4) is 0 Å². The summed E-state index contributed by atoms with van der Waals surface area (Å²) in [7, 11) is 0. The number of nitrogens with one attached hydrogen (secondary N) is 2. The molecule has 0 aromatic carbocycles. The zero-order valence-corrected chi connectivity index (χ0v) is 16.1. The number of likely N-dealkylation sites (tertiary alicyclic amines) is 1. The van der Waals surface area contributed by atoms with Gasteiger partial charge >= 0.3 is 0 Å². The number of carbonyl (C=O) groups is 2. The Morgan fingerprint density at radius 2 is 1.86 bits per heavy atom. The van der Waals surface area contributed by atoms with Crippen LogP contribution in [0, 0.1) is 5.92 Å². The Bertz CT molecular complexity index is 891. The lowest BCUT2D eigenvalue weighted by atomic mass is 9.96. The van der Waals surface area contributed by atoms with Crippen LogP contribution in [0.1, 0.15) is 73.3 Å². The zero-order valence-electron chi connectivity index (χ0n) is 16.1. The van der Waals surface area contributed by atoms with Gasteiger partial charge in [0.25, 0.3) is 5.91 Å². The van der Waals surface area contributed by atoms with Crippen molar-refractivity contribution in [3.05, 3.63) is 23.7 Å². The van der Waals surface area contributed by atoms with Gasteiger partial charge in [0.1, 0.15) is 11.6 Å². The Kier molecular flexibility index (Phi) is 4.53. The fourth-order valence-electron chi connectivity index (χ4n) is 4.68. The summed E-state index contributed by atoms with van der Waals surface area (Å²) < 4.78 is 0. The minimum absolute atomic E-state index is 0.0855. The summed E-state index contributed by atoms with van der Waals surface area (Å²) >= 11 is 0.